The van der Waals surface area contributed by atoms with Gasteiger partial charge in [0.1, 0.15) is 5.82 Å². The molecular weight excluding hydrogens is 398 g/mol. The molecule has 8 heteroatoms. The van der Waals surface area contributed by atoms with Crippen molar-refractivity contribution in [3.63, 3.8) is 0 Å². The van der Waals surface area contributed by atoms with Gasteiger partial charge in [-0.3, -0.25) is 4.90 Å². The highest BCUT2D eigenvalue weighted by Crippen LogP contribution is 2.14. The molecule has 0 amide bonds. The van der Waals surface area contributed by atoms with E-state index in [4.69, 9.17) is 24.5 Å². The molecule has 1 aliphatic rings. The number of carboxylic acid groups (broad SMARTS) is 2. The Balaban J connectivity index is 0.000000401. The number of aryl methyl sites for hydroxylation is 1. The predicted octanol–water partition coefficient (Wildman–Crippen LogP) is 2.59. The maximum absolute atomic E-state index is 9.10. The SMILES string of the molecule is O=C(O)C(=O)O.c1ccc(CCC2CN(CCc3nc4ccccc4[nH]3)CCO2)cc1. The topological polar surface area (TPSA) is 116 Å². The van der Waals surface area contributed by atoms with Crippen LogP contribution in [0.25, 0.3) is 11.0 Å². The summed E-state index contributed by atoms with van der Waals surface area (Å²) in [6.07, 6.45) is 3.47. The molecule has 8 nitrogen and oxygen atoms in total. The molecule has 1 saturated heterocycles. The van der Waals surface area contributed by atoms with Gasteiger partial charge in [0.15, 0.2) is 0 Å². The van der Waals surface area contributed by atoms with Crippen LogP contribution in [-0.2, 0) is 27.2 Å². The summed E-state index contributed by atoms with van der Waals surface area (Å²) in [7, 11) is 0. The van der Waals surface area contributed by atoms with Crippen molar-refractivity contribution in [3.8, 4) is 0 Å². The summed E-state index contributed by atoms with van der Waals surface area (Å²) >= 11 is 0. The highest BCUT2D eigenvalue weighted by molar-refractivity contribution is 6.27. The second kappa shape index (κ2) is 11.2. The van der Waals surface area contributed by atoms with Crippen LogP contribution in [0.1, 0.15) is 17.8 Å². The molecule has 3 N–H and O–H groups in total. The lowest BCUT2D eigenvalue weighted by atomic mass is 10.1. The summed E-state index contributed by atoms with van der Waals surface area (Å²) < 4.78 is 5.96. The van der Waals surface area contributed by atoms with Crippen molar-refractivity contribution in [2.24, 2.45) is 0 Å². The van der Waals surface area contributed by atoms with Crippen LogP contribution in [0.15, 0.2) is 54.6 Å². The Morgan fingerprint density at radius 1 is 1.03 bits per heavy atom. The van der Waals surface area contributed by atoms with Crippen molar-refractivity contribution in [2.45, 2.75) is 25.4 Å². The lowest BCUT2D eigenvalue weighted by molar-refractivity contribution is -0.159. The van der Waals surface area contributed by atoms with Crippen LogP contribution >= 0.6 is 0 Å². The van der Waals surface area contributed by atoms with Gasteiger partial charge in [-0.1, -0.05) is 42.5 Å². The van der Waals surface area contributed by atoms with Crippen LogP contribution in [0, 0.1) is 0 Å². The van der Waals surface area contributed by atoms with Crippen LogP contribution in [-0.4, -0.2) is 69.4 Å². The van der Waals surface area contributed by atoms with Crippen molar-refractivity contribution >= 4 is 23.0 Å². The number of carbonyl (C=O) groups is 2. The van der Waals surface area contributed by atoms with Crippen molar-refractivity contribution < 1.29 is 24.5 Å². The second-order valence-corrected chi connectivity index (χ2v) is 7.38. The number of rotatable bonds is 6. The number of aliphatic carboxylic acids is 2. The fourth-order valence-corrected chi connectivity index (χ4v) is 3.52. The van der Waals surface area contributed by atoms with Crippen LogP contribution in [0.2, 0.25) is 0 Å². The van der Waals surface area contributed by atoms with Crippen LogP contribution in [0.4, 0.5) is 0 Å². The summed E-state index contributed by atoms with van der Waals surface area (Å²) in [6.45, 7) is 3.90. The zero-order valence-corrected chi connectivity index (χ0v) is 17.2. The van der Waals surface area contributed by atoms with Gasteiger partial charge in [-0.15, -0.1) is 0 Å². The molecule has 0 saturated carbocycles. The summed E-state index contributed by atoms with van der Waals surface area (Å²) in [5.41, 5.74) is 3.57. The summed E-state index contributed by atoms with van der Waals surface area (Å²) in [6, 6.07) is 18.9. The Bertz CT molecular complexity index is 944. The van der Waals surface area contributed by atoms with Gasteiger partial charge in [0.05, 0.1) is 23.7 Å². The molecule has 31 heavy (non-hydrogen) atoms. The lowest BCUT2D eigenvalue weighted by Gasteiger charge is -2.32. The van der Waals surface area contributed by atoms with Crippen molar-refractivity contribution in [1.82, 2.24) is 14.9 Å². The number of imidazole rings is 1. The van der Waals surface area contributed by atoms with E-state index < -0.39 is 11.9 Å². The van der Waals surface area contributed by atoms with E-state index in [-0.39, 0.29) is 0 Å². The molecule has 1 aliphatic heterocycles. The molecule has 1 fully saturated rings. The van der Waals surface area contributed by atoms with E-state index >= 15 is 0 Å². The first kappa shape index (κ1) is 22.5. The van der Waals surface area contributed by atoms with Crippen molar-refractivity contribution in [3.05, 3.63) is 66.0 Å². The predicted molar refractivity (Wildman–Crippen MR) is 116 cm³/mol. The van der Waals surface area contributed by atoms with E-state index in [9.17, 15) is 0 Å². The number of aromatic amines is 1. The van der Waals surface area contributed by atoms with Crippen LogP contribution in [0.5, 0.6) is 0 Å². The Morgan fingerprint density at radius 3 is 2.45 bits per heavy atom. The highest BCUT2D eigenvalue weighted by Gasteiger charge is 2.20. The number of morpholine rings is 1. The Kier molecular flexibility index (Phi) is 8.14. The highest BCUT2D eigenvalue weighted by atomic mass is 16.5. The molecule has 3 aromatic rings. The number of benzene rings is 2. The maximum Gasteiger partial charge on any atom is 0.414 e. The third-order valence-corrected chi connectivity index (χ3v) is 5.11. The van der Waals surface area contributed by atoms with E-state index in [2.05, 4.69) is 57.3 Å². The van der Waals surface area contributed by atoms with Gasteiger partial charge in [-0.2, -0.15) is 0 Å². The van der Waals surface area contributed by atoms with Gasteiger partial charge in [-0.05, 0) is 30.5 Å². The van der Waals surface area contributed by atoms with Crippen molar-refractivity contribution in [1.29, 1.82) is 0 Å². The first-order valence-electron chi connectivity index (χ1n) is 10.3. The molecule has 0 spiro atoms. The molecule has 0 bridgehead atoms. The number of fused-ring (bicyclic) bond motifs is 1. The Hall–Kier alpha value is -3.23. The molecule has 1 unspecified atom stereocenters. The molecule has 2 heterocycles. The number of para-hydroxylation sites is 2. The number of H-pyrrole nitrogens is 1. The first-order chi connectivity index (χ1) is 15.0. The van der Waals surface area contributed by atoms with Gasteiger partial charge in [-0.25, -0.2) is 14.6 Å². The van der Waals surface area contributed by atoms with Gasteiger partial charge in [0, 0.05) is 26.1 Å². The number of hydrogen-bond donors (Lipinski definition) is 3. The third-order valence-electron chi connectivity index (χ3n) is 5.11. The molecule has 164 valence electrons. The fourth-order valence-electron chi connectivity index (χ4n) is 3.52. The van der Waals surface area contributed by atoms with Crippen LogP contribution in [0.3, 0.4) is 0 Å². The molecular formula is C23H27N3O5. The molecule has 4 rings (SSSR count). The summed E-state index contributed by atoms with van der Waals surface area (Å²) in [5, 5.41) is 14.8. The Morgan fingerprint density at radius 2 is 1.74 bits per heavy atom. The molecule has 1 aromatic heterocycles. The maximum atomic E-state index is 9.10. The average Bonchev–Trinajstić information content (AvgIpc) is 3.21. The Labute approximate surface area is 180 Å². The van der Waals surface area contributed by atoms with E-state index in [1.807, 2.05) is 12.1 Å². The third kappa shape index (κ3) is 7.20. The largest absolute Gasteiger partial charge is 0.473 e. The number of aromatic nitrogens is 2. The standard InChI is InChI=1S/C21H25N3O.C2H2O4/c1-2-6-17(7-3-1)10-11-18-16-24(14-15-25-18)13-12-21-22-19-8-4-5-9-20(19)23-21;3-1(4)2(5)6/h1-9,18H,10-16H2,(H,22,23);(H,3,4)(H,5,6). The van der Waals surface area contributed by atoms with Gasteiger partial charge < -0.3 is 19.9 Å². The summed E-state index contributed by atoms with van der Waals surface area (Å²) in [5.74, 6) is -2.57. The van der Waals surface area contributed by atoms with E-state index in [1.54, 1.807) is 0 Å². The minimum Gasteiger partial charge on any atom is -0.473 e. The lowest BCUT2D eigenvalue weighted by Crippen LogP contribution is -2.43. The normalized spacial score (nSPS) is 16.5. The quantitative estimate of drug-likeness (QED) is 0.520. The van der Waals surface area contributed by atoms with Crippen LogP contribution < -0.4 is 0 Å². The number of carboxylic acids is 2. The van der Waals surface area contributed by atoms with Gasteiger partial charge in [0.2, 0.25) is 0 Å². The minimum absolute atomic E-state index is 0.338. The molecule has 0 radical (unpaired) electrons. The van der Waals surface area contributed by atoms with E-state index in [0.29, 0.717) is 6.10 Å². The van der Waals surface area contributed by atoms with Gasteiger partial charge in [0.25, 0.3) is 0 Å². The first-order valence-corrected chi connectivity index (χ1v) is 10.3. The monoisotopic (exact) mass is 425 g/mol. The average molecular weight is 425 g/mol. The number of nitrogens with one attached hydrogen (secondary N) is 1. The molecule has 0 aliphatic carbocycles. The molecule has 1 atom stereocenters. The smallest absolute Gasteiger partial charge is 0.414 e. The molecule has 2 aromatic carbocycles. The van der Waals surface area contributed by atoms with Gasteiger partial charge >= 0.3 is 11.9 Å². The zero-order valence-electron chi connectivity index (χ0n) is 17.2. The zero-order chi connectivity index (χ0) is 22.1. The summed E-state index contributed by atoms with van der Waals surface area (Å²) in [4.78, 5) is 28.8. The number of nitrogens with zero attached hydrogens (tertiary/aromatic N) is 2. The minimum atomic E-state index is -1.82. The second-order valence-electron chi connectivity index (χ2n) is 7.38. The van der Waals surface area contributed by atoms with E-state index in [1.165, 1.54) is 5.56 Å². The van der Waals surface area contributed by atoms with Crippen molar-refractivity contribution in [2.75, 3.05) is 26.2 Å². The number of hydrogen-bond acceptors (Lipinski definition) is 5. The van der Waals surface area contributed by atoms with E-state index in [0.717, 1.165) is 62.4 Å². The fraction of sp³-hybridized carbons (Fsp3) is 0.348. The number of ether oxygens (including phenoxy) is 1.